The number of carbonyl (C=O) groups is 2. The van der Waals surface area contributed by atoms with Crippen LogP contribution in [-0.4, -0.2) is 45.6 Å². The SMILES string of the molecule is Cc1nc(NC(=O)Cn2nc(-c3ccc4ccccc4c3)ccc2=O)sc1C(=O)N(C)C. The van der Waals surface area contributed by atoms with Crippen molar-refractivity contribution in [2.45, 2.75) is 13.5 Å². The lowest BCUT2D eigenvalue weighted by Crippen LogP contribution is -2.29. The van der Waals surface area contributed by atoms with E-state index in [-0.39, 0.29) is 18.0 Å². The largest absolute Gasteiger partial charge is 0.344 e. The number of carbonyl (C=O) groups excluding carboxylic acids is 2. The first-order valence-electron chi connectivity index (χ1n) is 9.88. The van der Waals surface area contributed by atoms with Crippen LogP contribution in [0.4, 0.5) is 5.13 Å². The van der Waals surface area contributed by atoms with Crippen LogP contribution in [0.1, 0.15) is 15.4 Å². The Morgan fingerprint density at radius 2 is 1.81 bits per heavy atom. The standard InChI is InChI=1S/C23H21N5O3S/c1-14-21(22(31)27(2)3)32-23(24-14)25-19(29)13-28-20(30)11-10-18(26-28)17-9-8-15-6-4-5-7-16(15)12-17/h4-12H,13H2,1-3H3,(H,24,25,29). The number of hydrogen-bond donors (Lipinski definition) is 1. The molecule has 2 amide bonds. The second-order valence-electron chi connectivity index (χ2n) is 7.46. The molecule has 4 aromatic rings. The van der Waals surface area contributed by atoms with E-state index in [1.165, 1.54) is 11.0 Å². The highest BCUT2D eigenvalue weighted by atomic mass is 32.1. The second-order valence-corrected chi connectivity index (χ2v) is 8.46. The van der Waals surface area contributed by atoms with E-state index in [4.69, 9.17) is 0 Å². The van der Waals surface area contributed by atoms with Crippen molar-refractivity contribution in [3.05, 3.63) is 75.5 Å². The molecular formula is C23H21N5O3S. The van der Waals surface area contributed by atoms with E-state index >= 15 is 0 Å². The molecule has 1 N–H and O–H groups in total. The van der Waals surface area contributed by atoms with Crippen molar-refractivity contribution < 1.29 is 9.59 Å². The molecule has 0 atom stereocenters. The third kappa shape index (κ3) is 4.42. The summed E-state index contributed by atoms with van der Waals surface area (Å²) in [4.78, 5) is 43.2. The number of thiazole rings is 1. The Morgan fingerprint density at radius 3 is 2.56 bits per heavy atom. The predicted octanol–water partition coefficient (Wildman–Crippen LogP) is 3.17. The summed E-state index contributed by atoms with van der Waals surface area (Å²) < 4.78 is 1.12. The van der Waals surface area contributed by atoms with Crippen LogP contribution in [0.2, 0.25) is 0 Å². The van der Waals surface area contributed by atoms with Gasteiger partial charge in [0.2, 0.25) is 5.91 Å². The van der Waals surface area contributed by atoms with Crippen molar-refractivity contribution >= 4 is 39.1 Å². The molecule has 162 valence electrons. The van der Waals surface area contributed by atoms with Gasteiger partial charge in [-0.15, -0.1) is 0 Å². The van der Waals surface area contributed by atoms with Gasteiger partial charge in [-0.3, -0.25) is 14.4 Å². The van der Waals surface area contributed by atoms with Crippen LogP contribution in [0.5, 0.6) is 0 Å². The van der Waals surface area contributed by atoms with E-state index in [1.54, 1.807) is 27.1 Å². The number of rotatable bonds is 5. The van der Waals surface area contributed by atoms with E-state index in [0.29, 0.717) is 21.4 Å². The van der Waals surface area contributed by atoms with Crippen molar-refractivity contribution in [2.75, 3.05) is 19.4 Å². The van der Waals surface area contributed by atoms with Gasteiger partial charge in [-0.05, 0) is 29.8 Å². The zero-order chi connectivity index (χ0) is 22.8. The van der Waals surface area contributed by atoms with Gasteiger partial charge in [-0.2, -0.15) is 5.10 Å². The Kier molecular flexibility index (Phi) is 5.83. The first-order valence-corrected chi connectivity index (χ1v) is 10.7. The molecule has 2 aromatic carbocycles. The Labute approximate surface area is 188 Å². The summed E-state index contributed by atoms with van der Waals surface area (Å²) in [6.45, 7) is 1.44. The predicted molar refractivity (Wildman–Crippen MR) is 125 cm³/mol. The maximum atomic E-state index is 12.5. The van der Waals surface area contributed by atoms with Crippen molar-refractivity contribution in [1.29, 1.82) is 0 Å². The summed E-state index contributed by atoms with van der Waals surface area (Å²) >= 11 is 1.10. The summed E-state index contributed by atoms with van der Waals surface area (Å²) in [5.74, 6) is -0.630. The Bertz CT molecular complexity index is 1390. The minimum absolute atomic E-state index is 0.179. The quantitative estimate of drug-likeness (QED) is 0.507. The van der Waals surface area contributed by atoms with Crippen LogP contribution < -0.4 is 10.9 Å². The highest BCUT2D eigenvalue weighted by Gasteiger charge is 2.18. The van der Waals surface area contributed by atoms with E-state index in [1.807, 2.05) is 42.5 Å². The van der Waals surface area contributed by atoms with Gasteiger partial charge in [0.15, 0.2) is 5.13 Å². The Morgan fingerprint density at radius 1 is 1.06 bits per heavy atom. The number of aryl methyl sites for hydroxylation is 1. The highest BCUT2D eigenvalue weighted by Crippen LogP contribution is 2.24. The van der Waals surface area contributed by atoms with Crippen LogP contribution in [0.3, 0.4) is 0 Å². The molecule has 0 aliphatic carbocycles. The lowest BCUT2D eigenvalue weighted by Gasteiger charge is -2.08. The molecule has 0 saturated heterocycles. The first-order chi connectivity index (χ1) is 15.3. The lowest BCUT2D eigenvalue weighted by molar-refractivity contribution is -0.117. The smallest absolute Gasteiger partial charge is 0.267 e. The number of fused-ring (bicyclic) bond motifs is 1. The third-order valence-corrected chi connectivity index (χ3v) is 5.91. The van der Waals surface area contributed by atoms with Crippen LogP contribution in [-0.2, 0) is 11.3 Å². The van der Waals surface area contributed by atoms with Crippen LogP contribution in [0.25, 0.3) is 22.0 Å². The monoisotopic (exact) mass is 447 g/mol. The van der Waals surface area contributed by atoms with E-state index in [2.05, 4.69) is 15.4 Å². The maximum absolute atomic E-state index is 12.5. The van der Waals surface area contributed by atoms with Crippen molar-refractivity contribution in [2.24, 2.45) is 0 Å². The van der Waals surface area contributed by atoms with Gasteiger partial charge >= 0.3 is 0 Å². The molecule has 0 spiro atoms. The van der Waals surface area contributed by atoms with Gasteiger partial charge in [0.25, 0.3) is 11.5 Å². The molecule has 0 aliphatic rings. The molecule has 0 bridgehead atoms. The molecule has 32 heavy (non-hydrogen) atoms. The number of anilines is 1. The Balaban J connectivity index is 1.54. The fraction of sp³-hybridized carbons (Fsp3) is 0.174. The molecule has 4 rings (SSSR count). The topological polar surface area (TPSA) is 97.2 Å². The lowest BCUT2D eigenvalue weighted by atomic mass is 10.1. The molecule has 0 unspecified atom stereocenters. The fourth-order valence-electron chi connectivity index (χ4n) is 3.21. The van der Waals surface area contributed by atoms with Gasteiger partial charge in [0, 0.05) is 25.7 Å². The van der Waals surface area contributed by atoms with Crippen molar-refractivity contribution in [3.8, 4) is 11.3 Å². The molecule has 2 aromatic heterocycles. The summed E-state index contributed by atoms with van der Waals surface area (Å²) in [5.41, 5.74) is 1.59. The zero-order valence-corrected chi connectivity index (χ0v) is 18.6. The second kappa shape index (κ2) is 8.72. The molecule has 0 fully saturated rings. The number of amides is 2. The number of benzene rings is 2. The average molecular weight is 448 g/mol. The maximum Gasteiger partial charge on any atom is 0.267 e. The van der Waals surface area contributed by atoms with Crippen LogP contribution >= 0.6 is 11.3 Å². The summed E-state index contributed by atoms with van der Waals surface area (Å²) in [5, 5.41) is 9.49. The minimum Gasteiger partial charge on any atom is -0.344 e. The normalized spacial score (nSPS) is 10.8. The van der Waals surface area contributed by atoms with Crippen LogP contribution in [0, 0.1) is 6.92 Å². The molecule has 0 aliphatic heterocycles. The molecule has 0 saturated carbocycles. The van der Waals surface area contributed by atoms with Gasteiger partial charge in [0.05, 0.1) is 11.4 Å². The summed E-state index contributed by atoms with van der Waals surface area (Å²) in [7, 11) is 3.31. The van der Waals surface area contributed by atoms with Gasteiger partial charge in [-0.1, -0.05) is 47.7 Å². The molecule has 8 nitrogen and oxygen atoms in total. The average Bonchev–Trinajstić information content (AvgIpc) is 3.13. The minimum atomic E-state index is -0.451. The third-order valence-electron chi connectivity index (χ3n) is 4.85. The van der Waals surface area contributed by atoms with Crippen molar-refractivity contribution in [3.63, 3.8) is 0 Å². The molecule has 9 heteroatoms. The van der Waals surface area contributed by atoms with Crippen molar-refractivity contribution in [1.82, 2.24) is 19.7 Å². The van der Waals surface area contributed by atoms with E-state index < -0.39 is 5.91 Å². The van der Waals surface area contributed by atoms with Gasteiger partial charge in [0.1, 0.15) is 11.4 Å². The zero-order valence-electron chi connectivity index (χ0n) is 17.8. The summed E-state index contributed by atoms with van der Waals surface area (Å²) in [6.07, 6.45) is 0. The molecular weight excluding hydrogens is 426 g/mol. The van der Waals surface area contributed by atoms with Crippen LogP contribution in [0.15, 0.2) is 59.4 Å². The number of hydrogen-bond acceptors (Lipinski definition) is 6. The summed E-state index contributed by atoms with van der Waals surface area (Å²) in [6, 6.07) is 16.9. The van der Waals surface area contributed by atoms with E-state index in [9.17, 15) is 14.4 Å². The van der Waals surface area contributed by atoms with Gasteiger partial charge in [-0.25, -0.2) is 9.67 Å². The Hall–Kier alpha value is -3.85. The van der Waals surface area contributed by atoms with E-state index in [0.717, 1.165) is 32.4 Å². The first kappa shape index (κ1) is 21.4. The number of aromatic nitrogens is 3. The molecule has 0 radical (unpaired) electrons. The fourth-order valence-corrected chi connectivity index (χ4v) is 4.22. The highest BCUT2D eigenvalue weighted by molar-refractivity contribution is 7.17. The molecule has 2 heterocycles. The number of nitrogens with zero attached hydrogens (tertiary/aromatic N) is 4. The number of nitrogens with one attached hydrogen (secondary N) is 1. The van der Waals surface area contributed by atoms with Gasteiger partial charge < -0.3 is 10.2 Å².